The molecule has 18 N–H and O–H groups in total. The van der Waals surface area contributed by atoms with E-state index in [2.05, 4.69) is 36.6 Å². The molecule has 0 radical (unpaired) electrons. The van der Waals surface area contributed by atoms with Gasteiger partial charge in [0, 0.05) is 25.9 Å². The molecule has 1 saturated carbocycles. The molecule has 21 heteroatoms. The number of phenolic OH excluding ortho intramolecular Hbond substituents is 1. The Morgan fingerprint density at radius 1 is 0.619 bits per heavy atom. The third-order valence-electron chi connectivity index (χ3n) is 10.5. The maximum absolute atomic E-state index is 14.3. The van der Waals surface area contributed by atoms with Crippen molar-refractivity contribution in [1.29, 1.82) is 0 Å². The second kappa shape index (κ2) is 26.1. The summed E-state index contributed by atoms with van der Waals surface area (Å²) in [7, 11) is 0. The quantitative estimate of drug-likeness (QED) is 0.0313. The lowest BCUT2D eigenvalue weighted by atomic mass is 9.84. The average Bonchev–Trinajstić information content (AvgIpc) is 3.23. The first-order valence-corrected chi connectivity index (χ1v) is 21.1. The van der Waals surface area contributed by atoms with Crippen LogP contribution in [0.2, 0.25) is 0 Å². The Hall–Kier alpha value is -6.51. The average molecular weight is 882 g/mol. The van der Waals surface area contributed by atoms with E-state index in [1.807, 2.05) is 0 Å². The zero-order valence-corrected chi connectivity index (χ0v) is 35.7. The van der Waals surface area contributed by atoms with Crippen molar-refractivity contribution in [3.63, 3.8) is 0 Å². The molecule has 1 aliphatic rings. The van der Waals surface area contributed by atoms with Gasteiger partial charge in [-0.25, -0.2) is 4.39 Å². The Bertz CT molecular complexity index is 1880. The van der Waals surface area contributed by atoms with Crippen LogP contribution in [0.1, 0.15) is 82.3 Å². The number of guanidine groups is 2. The van der Waals surface area contributed by atoms with Crippen molar-refractivity contribution < 1.29 is 38.3 Å². The van der Waals surface area contributed by atoms with E-state index in [4.69, 9.17) is 34.4 Å². The summed E-state index contributed by atoms with van der Waals surface area (Å²) in [6, 6.07) is 4.22. The summed E-state index contributed by atoms with van der Waals surface area (Å²) >= 11 is 0. The SMILES string of the molecule is C[C@H](N)C(=O)N[C@@H](Cc1ccc(F)cc1)C(=O)N[C@@H](CCCN=C(N)N)C(=O)N[C@@H](CC1CCCCC1)C(=O)N[C@@H](CCCN=C(N)N)C(=O)N[C@@H](Cc1ccc(O)cc1)C(N)=O. The molecule has 2 aromatic carbocycles. The number of primary amides is 1. The topological polar surface area (TPSA) is 364 Å². The van der Waals surface area contributed by atoms with Crippen molar-refractivity contribution in [2.75, 3.05) is 13.1 Å². The molecule has 2 aromatic rings. The van der Waals surface area contributed by atoms with Gasteiger partial charge in [-0.3, -0.25) is 38.8 Å². The second-order valence-corrected chi connectivity index (χ2v) is 15.8. The van der Waals surface area contributed by atoms with Gasteiger partial charge in [0.15, 0.2) is 11.9 Å². The van der Waals surface area contributed by atoms with Gasteiger partial charge in [-0.05, 0) is 80.3 Å². The van der Waals surface area contributed by atoms with Crippen LogP contribution in [0.3, 0.4) is 0 Å². The number of nitrogens with zero attached hydrogens (tertiary/aromatic N) is 2. The monoisotopic (exact) mass is 882 g/mol. The molecular formula is C42H64FN13O7. The van der Waals surface area contributed by atoms with E-state index in [0.29, 0.717) is 11.1 Å². The number of phenols is 1. The van der Waals surface area contributed by atoms with Crippen molar-refractivity contribution in [2.24, 2.45) is 50.3 Å². The minimum atomic E-state index is -1.27. The lowest BCUT2D eigenvalue weighted by Crippen LogP contribution is -2.60. The number of hydrogen-bond donors (Lipinski definition) is 12. The molecule has 0 saturated heterocycles. The molecule has 1 aliphatic carbocycles. The van der Waals surface area contributed by atoms with Crippen LogP contribution in [-0.2, 0) is 41.6 Å². The highest BCUT2D eigenvalue weighted by Crippen LogP contribution is 2.27. The summed E-state index contributed by atoms with van der Waals surface area (Å²) in [5, 5.41) is 23.2. The number of nitrogens with two attached hydrogens (primary N) is 6. The number of carbonyl (C=O) groups is 6. The summed E-state index contributed by atoms with van der Waals surface area (Å²) in [4.78, 5) is 89.6. The highest BCUT2D eigenvalue weighted by atomic mass is 19.1. The normalized spacial score (nSPS) is 15.5. The molecule has 346 valence electrons. The Labute approximate surface area is 366 Å². The summed E-state index contributed by atoms with van der Waals surface area (Å²) in [6.07, 6.45) is 5.05. The molecule has 6 amide bonds. The molecule has 0 unspecified atom stereocenters. The van der Waals surface area contributed by atoms with Crippen LogP contribution < -0.4 is 61.0 Å². The van der Waals surface area contributed by atoms with Crippen LogP contribution in [0.25, 0.3) is 0 Å². The van der Waals surface area contributed by atoms with Gasteiger partial charge >= 0.3 is 0 Å². The number of hydrogen-bond acceptors (Lipinski definition) is 10. The summed E-state index contributed by atoms with van der Waals surface area (Å²) in [6.45, 7) is 1.65. The summed E-state index contributed by atoms with van der Waals surface area (Å²) in [5.41, 5.74) is 34.6. The Balaban J connectivity index is 1.92. The molecule has 0 spiro atoms. The smallest absolute Gasteiger partial charge is 0.243 e. The molecule has 0 heterocycles. The number of aromatic hydroxyl groups is 1. The third-order valence-corrected chi connectivity index (χ3v) is 10.5. The molecule has 0 bridgehead atoms. The van der Waals surface area contributed by atoms with Crippen LogP contribution in [0, 0.1) is 11.7 Å². The predicted octanol–water partition coefficient (Wildman–Crippen LogP) is -1.35. The molecule has 0 aromatic heterocycles. The fourth-order valence-corrected chi connectivity index (χ4v) is 7.08. The molecular weight excluding hydrogens is 818 g/mol. The number of benzene rings is 2. The number of aliphatic imine (C=N–C) groups is 2. The molecule has 3 rings (SSSR count). The second-order valence-electron chi connectivity index (χ2n) is 15.8. The van der Waals surface area contributed by atoms with E-state index < -0.39 is 77.5 Å². The fourth-order valence-electron chi connectivity index (χ4n) is 7.08. The van der Waals surface area contributed by atoms with Crippen molar-refractivity contribution in [1.82, 2.24) is 26.6 Å². The fraction of sp³-hybridized carbons (Fsp3) is 0.524. The largest absolute Gasteiger partial charge is 0.508 e. The highest BCUT2D eigenvalue weighted by Gasteiger charge is 2.34. The Kier molecular flexibility index (Phi) is 21.0. The van der Waals surface area contributed by atoms with Crippen LogP contribution in [0.5, 0.6) is 5.75 Å². The van der Waals surface area contributed by atoms with Crippen molar-refractivity contribution >= 4 is 47.4 Å². The van der Waals surface area contributed by atoms with E-state index in [1.54, 1.807) is 12.1 Å². The van der Waals surface area contributed by atoms with Crippen LogP contribution in [0.15, 0.2) is 58.5 Å². The van der Waals surface area contributed by atoms with Gasteiger partial charge in [-0.15, -0.1) is 0 Å². The van der Waals surface area contributed by atoms with Gasteiger partial charge in [-0.1, -0.05) is 56.4 Å². The molecule has 0 aliphatic heterocycles. The lowest BCUT2D eigenvalue weighted by molar-refractivity contribution is -0.135. The number of nitrogens with one attached hydrogen (secondary N) is 5. The van der Waals surface area contributed by atoms with Gasteiger partial charge in [0.1, 0.15) is 41.8 Å². The van der Waals surface area contributed by atoms with Gasteiger partial charge in [0.25, 0.3) is 0 Å². The van der Waals surface area contributed by atoms with Crippen LogP contribution in [0.4, 0.5) is 4.39 Å². The number of rotatable bonds is 25. The molecule has 6 atom stereocenters. The number of halogens is 1. The van der Waals surface area contributed by atoms with Crippen LogP contribution >= 0.6 is 0 Å². The van der Waals surface area contributed by atoms with E-state index in [1.165, 1.54) is 43.3 Å². The maximum Gasteiger partial charge on any atom is 0.243 e. The zero-order chi connectivity index (χ0) is 46.5. The molecule has 1 fully saturated rings. The van der Waals surface area contributed by atoms with Gasteiger partial charge in [-0.2, -0.15) is 0 Å². The van der Waals surface area contributed by atoms with Crippen molar-refractivity contribution in [2.45, 2.75) is 120 Å². The lowest BCUT2D eigenvalue weighted by Gasteiger charge is -2.30. The van der Waals surface area contributed by atoms with E-state index in [-0.39, 0.29) is 81.6 Å². The van der Waals surface area contributed by atoms with E-state index >= 15 is 0 Å². The van der Waals surface area contributed by atoms with Gasteiger partial charge in [0.2, 0.25) is 35.4 Å². The Morgan fingerprint density at radius 2 is 1.03 bits per heavy atom. The standard InChI is InChI=1S/C42H64FN13O7/c1-24(44)36(59)55-33(23-26-11-15-28(43)16-12-26)39(62)53-31(10-6-20-51-42(48)49)38(61)56-34(22-25-7-3-2-4-8-25)40(63)52-30(9-5-19-50-41(46)47)37(60)54-32(35(45)58)21-27-13-17-29(57)18-14-27/h11-18,24-25,30-34,57H,2-10,19-23,44H2,1H3,(H2,45,58)(H,52,63)(H,53,62)(H,54,60)(H,55,59)(H,56,61)(H4,46,47,50)(H4,48,49,51)/t24-,30-,31-,32-,33-,34-/m0/s1. The summed E-state index contributed by atoms with van der Waals surface area (Å²) < 4.78 is 13.7. The predicted molar refractivity (Wildman–Crippen MR) is 235 cm³/mol. The van der Waals surface area contributed by atoms with E-state index in [0.717, 1.165) is 32.1 Å². The minimum Gasteiger partial charge on any atom is -0.508 e. The van der Waals surface area contributed by atoms with Crippen molar-refractivity contribution in [3.05, 3.63) is 65.5 Å². The van der Waals surface area contributed by atoms with E-state index in [9.17, 15) is 38.3 Å². The minimum absolute atomic E-state index is 0.00197. The molecule has 63 heavy (non-hydrogen) atoms. The summed E-state index contributed by atoms with van der Waals surface area (Å²) in [5.74, 6) is -5.20. The highest BCUT2D eigenvalue weighted by molar-refractivity contribution is 5.96. The first-order valence-electron chi connectivity index (χ1n) is 21.1. The Morgan fingerprint density at radius 3 is 1.51 bits per heavy atom. The molecule has 20 nitrogen and oxygen atoms in total. The third kappa shape index (κ3) is 19.0. The first-order chi connectivity index (χ1) is 29.9. The zero-order valence-electron chi connectivity index (χ0n) is 35.7. The first kappa shape index (κ1) is 50.8. The number of amides is 6. The van der Waals surface area contributed by atoms with Gasteiger partial charge < -0.3 is 66.1 Å². The van der Waals surface area contributed by atoms with Gasteiger partial charge in [0.05, 0.1) is 6.04 Å². The van der Waals surface area contributed by atoms with Crippen molar-refractivity contribution in [3.8, 4) is 5.75 Å². The number of carbonyl (C=O) groups excluding carboxylic acids is 6. The maximum atomic E-state index is 14.3. The van der Waals surface area contributed by atoms with Crippen LogP contribution in [-0.4, -0.2) is 102 Å².